The number of hydrogen-bond donors (Lipinski definition) is 1. The molecule has 2 heterocycles. The zero-order valence-electron chi connectivity index (χ0n) is 16.8. The fourth-order valence-corrected chi connectivity index (χ4v) is 2.69. The van der Waals surface area contributed by atoms with Crippen molar-refractivity contribution in [3.8, 4) is 11.5 Å². The first-order valence-corrected chi connectivity index (χ1v) is 9.83. The van der Waals surface area contributed by atoms with Crippen LogP contribution in [0.25, 0.3) is 0 Å². The summed E-state index contributed by atoms with van der Waals surface area (Å²) in [7, 11) is 0. The number of ether oxygens (including phenoxy) is 2. The average Bonchev–Trinajstić information content (AvgIpc) is 3.18. The second-order valence-corrected chi connectivity index (χ2v) is 6.57. The summed E-state index contributed by atoms with van der Waals surface area (Å²) in [5.41, 5.74) is 1.57. The molecule has 3 aromatic rings. The van der Waals surface area contributed by atoms with Crippen LogP contribution >= 0.6 is 0 Å². The van der Waals surface area contributed by atoms with Gasteiger partial charge in [0.1, 0.15) is 0 Å². The number of carbonyl (C=O) groups is 1. The molecule has 0 saturated heterocycles. The minimum atomic E-state index is -0.248. The highest BCUT2D eigenvalue weighted by Gasteiger charge is 2.13. The minimum absolute atomic E-state index is 0.248. The number of nitrogens with one attached hydrogen (secondary N) is 1. The van der Waals surface area contributed by atoms with Crippen molar-refractivity contribution >= 4 is 11.7 Å². The minimum Gasteiger partial charge on any atom is -0.490 e. The third-order valence-corrected chi connectivity index (χ3v) is 4.11. The summed E-state index contributed by atoms with van der Waals surface area (Å²) in [6.45, 7) is 5.85. The first-order valence-electron chi connectivity index (χ1n) is 9.83. The van der Waals surface area contributed by atoms with E-state index in [4.69, 9.17) is 9.47 Å². The highest BCUT2D eigenvalue weighted by Crippen LogP contribution is 2.29. The Morgan fingerprint density at radius 3 is 2.45 bits per heavy atom. The number of rotatable bonds is 10. The monoisotopic (exact) mass is 394 g/mol. The van der Waals surface area contributed by atoms with E-state index in [1.807, 2.05) is 32.2 Å². The van der Waals surface area contributed by atoms with Gasteiger partial charge in [0.05, 0.1) is 19.8 Å². The molecule has 3 rings (SSSR count). The van der Waals surface area contributed by atoms with E-state index in [9.17, 15) is 4.79 Å². The van der Waals surface area contributed by atoms with E-state index in [0.717, 1.165) is 18.4 Å². The van der Waals surface area contributed by atoms with Gasteiger partial charge in [-0.25, -0.2) is 0 Å². The van der Waals surface area contributed by atoms with Crippen molar-refractivity contribution in [3.63, 3.8) is 0 Å². The van der Waals surface area contributed by atoms with Crippen LogP contribution in [0.2, 0.25) is 0 Å². The van der Waals surface area contributed by atoms with Gasteiger partial charge in [-0.3, -0.25) is 14.5 Å². The molecule has 0 unspecified atom stereocenters. The van der Waals surface area contributed by atoms with E-state index in [1.165, 1.54) is 0 Å². The Morgan fingerprint density at radius 1 is 1.00 bits per heavy atom. The number of carbonyl (C=O) groups excluding carboxylic acids is 1. The molecule has 1 N–H and O–H groups in total. The molecule has 152 valence electrons. The van der Waals surface area contributed by atoms with E-state index in [-0.39, 0.29) is 5.91 Å². The van der Waals surface area contributed by atoms with Crippen LogP contribution in [0.4, 0.5) is 5.82 Å². The lowest BCUT2D eigenvalue weighted by Gasteiger charge is -2.13. The van der Waals surface area contributed by atoms with Crippen molar-refractivity contribution in [1.82, 2.24) is 14.8 Å². The quantitative estimate of drug-likeness (QED) is 0.559. The molecule has 0 spiro atoms. The lowest BCUT2D eigenvalue weighted by molar-refractivity contribution is 0.102. The largest absolute Gasteiger partial charge is 0.490 e. The molecule has 0 atom stereocenters. The van der Waals surface area contributed by atoms with Crippen LogP contribution in [0.3, 0.4) is 0 Å². The first-order chi connectivity index (χ1) is 14.2. The maximum Gasteiger partial charge on any atom is 0.257 e. The number of nitrogens with zero attached hydrogens (tertiary/aromatic N) is 3. The molecule has 7 heteroatoms. The van der Waals surface area contributed by atoms with E-state index < -0.39 is 0 Å². The second-order valence-electron chi connectivity index (χ2n) is 6.57. The zero-order chi connectivity index (χ0) is 20.5. The van der Waals surface area contributed by atoms with Gasteiger partial charge in [0.25, 0.3) is 5.91 Å². The van der Waals surface area contributed by atoms with Gasteiger partial charge in [0.15, 0.2) is 17.3 Å². The SMILES string of the molecule is CCCOc1ccc(C(=O)Nc2ccn(Cc3ccncc3)n2)cc1OCCC. The number of amides is 1. The van der Waals surface area contributed by atoms with Gasteiger partial charge in [-0.2, -0.15) is 5.10 Å². The summed E-state index contributed by atoms with van der Waals surface area (Å²) in [5, 5.41) is 7.24. The van der Waals surface area contributed by atoms with Crippen LogP contribution in [0, 0.1) is 0 Å². The molecule has 1 aromatic carbocycles. The van der Waals surface area contributed by atoms with Crippen molar-refractivity contribution in [3.05, 3.63) is 66.1 Å². The fraction of sp³-hybridized carbons (Fsp3) is 0.318. The standard InChI is InChI=1S/C22H26N4O3/c1-3-13-28-19-6-5-18(15-20(19)29-14-4-2)22(27)24-21-9-12-26(25-21)16-17-7-10-23-11-8-17/h5-12,15H,3-4,13-14,16H2,1-2H3,(H,24,25,27). The summed E-state index contributed by atoms with van der Waals surface area (Å²) < 4.78 is 13.3. The van der Waals surface area contributed by atoms with Crippen molar-refractivity contribution in [1.29, 1.82) is 0 Å². The summed E-state index contributed by atoms with van der Waals surface area (Å²) in [6.07, 6.45) is 7.09. The van der Waals surface area contributed by atoms with E-state index in [0.29, 0.717) is 42.6 Å². The van der Waals surface area contributed by atoms with E-state index in [2.05, 4.69) is 15.4 Å². The molecule has 7 nitrogen and oxygen atoms in total. The topological polar surface area (TPSA) is 78.3 Å². The summed E-state index contributed by atoms with van der Waals surface area (Å²) in [6, 6.07) is 10.8. The van der Waals surface area contributed by atoms with Gasteiger partial charge < -0.3 is 14.8 Å². The fourth-order valence-electron chi connectivity index (χ4n) is 2.69. The molecular weight excluding hydrogens is 368 g/mol. The second kappa shape index (κ2) is 10.3. The highest BCUT2D eigenvalue weighted by atomic mass is 16.5. The van der Waals surface area contributed by atoms with Gasteiger partial charge in [0, 0.05) is 30.2 Å². The Bertz CT molecular complexity index is 925. The molecule has 2 aromatic heterocycles. The Labute approximate surface area is 170 Å². The van der Waals surface area contributed by atoms with E-state index in [1.54, 1.807) is 41.3 Å². The maximum absolute atomic E-state index is 12.7. The van der Waals surface area contributed by atoms with Crippen LogP contribution in [-0.4, -0.2) is 33.9 Å². The lowest BCUT2D eigenvalue weighted by Crippen LogP contribution is -2.13. The number of anilines is 1. The van der Waals surface area contributed by atoms with Crippen molar-refractivity contribution in [2.45, 2.75) is 33.2 Å². The molecule has 0 bridgehead atoms. The van der Waals surface area contributed by atoms with Gasteiger partial charge >= 0.3 is 0 Å². The Kier molecular flexibility index (Phi) is 7.22. The number of aromatic nitrogens is 3. The zero-order valence-corrected chi connectivity index (χ0v) is 16.8. The third kappa shape index (κ3) is 5.81. The van der Waals surface area contributed by atoms with Crippen LogP contribution in [-0.2, 0) is 6.54 Å². The van der Waals surface area contributed by atoms with Crippen LogP contribution in [0.1, 0.15) is 42.6 Å². The molecule has 0 aliphatic rings. The van der Waals surface area contributed by atoms with Crippen LogP contribution < -0.4 is 14.8 Å². The third-order valence-electron chi connectivity index (χ3n) is 4.11. The molecule has 0 aliphatic carbocycles. The predicted molar refractivity (Wildman–Crippen MR) is 112 cm³/mol. The summed E-state index contributed by atoms with van der Waals surface area (Å²) in [5.74, 6) is 1.48. The number of benzene rings is 1. The van der Waals surface area contributed by atoms with Gasteiger partial charge in [-0.05, 0) is 48.7 Å². The summed E-state index contributed by atoms with van der Waals surface area (Å²) >= 11 is 0. The highest BCUT2D eigenvalue weighted by molar-refractivity contribution is 6.04. The Hall–Kier alpha value is -3.35. The van der Waals surface area contributed by atoms with Crippen LogP contribution in [0.15, 0.2) is 55.0 Å². The maximum atomic E-state index is 12.7. The van der Waals surface area contributed by atoms with Gasteiger partial charge in [0.2, 0.25) is 0 Å². The number of hydrogen-bond acceptors (Lipinski definition) is 5. The van der Waals surface area contributed by atoms with Gasteiger partial charge in [-0.15, -0.1) is 0 Å². The molecule has 0 fully saturated rings. The molecule has 0 aliphatic heterocycles. The van der Waals surface area contributed by atoms with E-state index >= 15 is 0 Å². The average molecular weight is 394 g/mol. The molecule has 0 radical (unpaired) electrons. The Balaban J connectivity index is 1.68. The van der Waals surface area contributed by atoms with Crippen LogP contribution in [0.5, 0.6) is 11.5 Å². The molecule has 0 saturated carbocycles. The van der Waals surface area contributed by atoms with Crippen molar-refractivity contribution < 1.29 is 14.3 Å². The normalized spacial score (nSPS) is 10.6. The predicted octanol–water partition coefficient (Wildman–Crippen LogP) is 4.16. The molecule has 1 amide bonds. The lowest BCUT2D eigenvalue weighted by atomic mass is 10.2. The Morgan fingerprint density at radius 2 is 1.72 bits per heavy atom. The summed E-state index contributed by atoms with van der Waals surface area (Å²) in [4.78, 5) is 16.7. The molecular formula is C22H26N4O3. The number of pyridine rings is 1. The smallest absolute Gasteiger partial charge is 0.257 e. The van der Waals surface area contributed by atoms with Gasteiger partial charge in [-0.1, -0.05) is 13.8 Å². The van der Waals surface area contributed by atoms with Crippen molar-refractivity contribution in [2.24, 2.45) is 0 Å². The molecule has 29 heavy (non-hydrogen) atoms. The van der Waals surface area contributed by atoms with Crippen molar-refractivity contribution in [2.75, 3.05) is 18.5 Å². The first kappa shape index (κ1) is 20.4.